The van der Waals surface area contributed by atoms with Crippen LogP contribution >= 0.6 is 0 Å². The smallest absolute Gasteiger partial charge is 0.393 e. The Morgan fingerprint density at radius 2 is 2.00 bits per heavy atom. The Balaban J connectivity index is 1.50. The maximum atomic E-state index is 11.6. The quantitative estimate of drug-likeness (QED) is 0.397. The number of aromatic amines is 1. The Kier molecular flexibility index (Phi) is 5.44. The number of aromatic nitrogens is 6. The van der Waals surface area contributed by atoms with Gasteiger partial charge >= 0.3 is 5.76 Å². The molecule has 35 heavy (non-hydrogen) atoms. The van der Waals surface area contributed by atoms with Crippen molar-refractivity contribution in [2.45, 2.75) is 83.4 Å². The lowest BCUT2D eigenvalue weighted by Crippen LogP contribution is -2.31. The summed E-state index contributed by atoms with van der Waals surface area (Å²) in [6, 6.07) is 0.362. The lowest BCUT2D eigenvalue weighted by molar-refractivity contribution is 0.0850. The summed E-state index contributed by atoms with van der Waals surface area (Å²) in [6.07, 6.45) is 8.16. The Hall–Kier alpha value is -2.79. The van der Waals surface area contributed by atoms with E-state index >= 15 is 0 Å². The summed E-state index contributed by atoms with van der Waals surface area (Å²) in [7, 11) is 0. The van der Waals surface area contributed by atoms with Crippen molar-refractivity contribution in [3.8, 4) is 11.6 Å². The van der Waals surface area contributed by atoms with Crippen molar-refractivity contribution in [2.24, 2.45) is 17.3 Å². The van der Waals surface area contributed by atoms with Gasteiger partial charge in [0.2, 0.25) is 11.6 Å². The van der Waals surface area contributed by atoms with Gasteiger partial charge in [-0.3, -0.25) is 9.51 Å². The van der Waals surface area contributed by atoms with Crippen LogP contribution in [-0.4, -0.2) is 52.5 Å². The molecule has 6 rings (SSSR count). The number of anilines is 1. The monoisotopic (exact) mass is 483 g/mol. The molecule has 3 heterocycles. The van der Waals surface area contributed by atoms with Crippen molar-refractivity contribution < 1.29 is 14.7 Å². The van der Waals surface area contributed by atoms with Crippen LogP contribution in [0.1, 0.15) is 83.2 Å². The number of nitrogens with zero attached hydrogens (tertiary/aromatic N) is 5. The zero-order valence-corrected chi connectivity index (χ0v) is 20.2. The third kappa shape index (κ3) is 3.85. The Bertz CT molecular complexity index is 1280. The van der Waals surface area contributed by atoms with Gasteiger partial charge in [-0.2, -0.15) is 0 Å². The summed E-state index contributed by atoms with van der Waals surface area (Å²) in [4.78, 5) is 28.1. The predicted molar refractivity (Wildman–Crippen MR) is 128 cm³/mol. The van der Waals surface area contributed by atoms with E-state index in [9.17, 15) is 15.0 Å². The lowest BCUT2D eigenvalue weighted by Gasteiger charge is -2.32. The molecule has 3 fully saturated rings. The SMILES string of the molecule is CC1CCC2(CC1)CC2n1c(C(O)CO)nc2nc(-c3noc(=O)[nH]3)nc(N[C@H](C)C3CCC3)c21. The fourth-order valence-electron chi connectivity index (χ4n) is 6.02. The molecule has 1 spiro atoms. The van der Waals surface area contributed by atoms with Gasteiger partial charge in [-0.1, -0.05) is 31.3 Å². The molecule has 2 unspecified atom stereocenters. The maximum absolute atomic E-state index is 11.6. The van der Waals surface area contributed by atoms with Gasteiger partial charge in [0.1, 0.15) is 17.4 Å². The zero-order chi connectivity index (χ0) is 24.3. The summed E-state index contributed by atoms with van der Waals surface area (Å²) in [6.45, 7) is 4.03. The largest absolute Gasteiger partial charge is 0.439 e. The van der Waals surface area contributed by atoms with Gasteiger partial charge in [0.15, 0.2) is 11.5 Å². The van der Waals surface area contributed by atoms with Crippen LogP contribution in [0.15, 0.2) is 9.32 Å². The standard InChI is InChI=1S/C24H33N7O4/c1-12-6-8-24(9-7-12)10-16(24)31-17-18(25-13(2)14-4-3-5-14)26-20(21-29-23(34)35-30-21)27-19(17)28-22(31)15(33)11-32/h12-16,32-33H,3-11H2,1-2H3,(H,25,26,27)(H,29,30,34)/t12?,13-,15?,16?,24?/m1/s1. The van der Waals surface area contributed by atoms with E-state index in [1.54, 1.807) is 0 Å². The first-order chi connectivity index (χ1) is 16.9. The average molecular weight is 484 g/mol. The first-order valence-electron chi connectivity index (χ1n) is 12.8. The van der Waals surface area contributed by atoms with Crippen LogP contribution in [0.5, 0.6) is 0 Å². The van der Waals surface area contributed by atoms with E-state index in [2.05, 4.69) is 48.4 Å². The van der Waals surface area contributed by atoms with Crippen molar-refractivity contribution in [3.05, 3.63) is 16.4 Å². The minimum atomic E-state index is -1.13. The Morgan fingerprint density at radius 3 is 2.63 bits per heavy atom. The summed E-state index contributed by atoms with van der Waals surface area (Å²) >= 11 is 0. The number of aliphatic hydroxyl groups excluding tert-OH is 2. The van der Waals surface area contributed by atoms with Gasteiger partial charge in [0, 0.05) is 12.1 Å². The van der Waals surface area contributed by atoms with Gasteiger partial charge in [-0.05, 0) is 56.3 Å². The molecule has 3 aromatic heterocycles. The molecular weight excluding hydrogens is 450 g/mol. The van der Waals surface area contributed by atoms with Gasteiger partial charge in [-0.15, -0.1) is 0 Å². The highest BCUT2D eigenvalue weighted by molar-refractivity contribution is 5.86. The van der Waals surface area contributed by atoms with Crippen molar-refractivity contribution >= 4 is 17.0 Å². The molecule has 11 nitrogen and oxygen atoms in total. The Labute approximate surface area is 202 Å². The second-order valence-electron chi connectivity index (χ2n) is 10.9. The topological polar surface area (TPSA) is 155 Å². The third-order valence-corrected chi connectivity index (χ3v) is 8.65. The molecule has 0 aromatic carbocycles. The molecule has 0 saturated heterocycles. The summed E-state index contributed by atoms with van der Waals surface area (Å²) < 4.78 is 6.75. The fraction of sp³-hybridized carbons (Fsp3) is 0.708. The number of hydrogen-bond donors (Lipinski definition) is 4. The van der Waals surface area contributed by atoms with Gasteiger partial charge in [0.05, 0.1) is 6.61 Å². The summed E-state index contributed by atoms with van der Waals surface area (Å²) in [5.41, 5.74) is 1.32. The molecule has 3 saturated carbocycles. The second-order valence-corrected chi connectivity index (χ2v) is 10.9. The van der Waals surface area contributed by atoms with E-state index in [1.165, 1.54) is 32.1 Å². The van der Waals surface area contributed by atoms with Crippen LogP contribution in [0.4, 0.5) is 5.82 Å². The van der Waals surface area contributed by atoms with E-state index in [0.717, 1.165) is 30.7 Å². The number of hydrogen-bond acceptors (Lipinski definition) is 9. The average Bonchev–Trinajstić information content (AvgIpc) is 3.12. The van der Waals surface area contributed by atoms with Gasteiger partial charge in [0.25, 0.3) is 0 Å². The molecule has 0 bridgehead atoms. The molecule has 4 N–H and O–H groups in total. The molecule has 3 atom stereocenters. The zero-order valence-electron chi connectivity index (χ0n) is 20.2. The molecule has 188 valence electrons. The highest BCUT2D eigenvalue weighted by Crippen LogP contribution is 2.66. The van der Waals surface area contributed by atoms with Crippen molar-refractivity contribution in [1.82, 2.24) is 29.7 Å². The number of nitrogens with one attached hydrogen (secondary N) is 2. The fourth-order valence-corrected chi connectivity index (χ4v) is 6.02. The van der Waals surface area contributed by atoms with Crippen LogP contribution in [0, 0.1) is 17.3 Å². The first kappa shape index (κ1) is 22.7. The minimum absolute atomic E-state index is 0.124. The summed E-state index contributed by atoms with van der Waals surface area (Å²) in [5, 5.41) is 27.9. The van der Waals surface area contributed by atoms with E-state index < -0.39 is 18.5 Å². The first-order valence-corrected chi connectivity index (χ1v) is 12.8. The van der Waals surface area contributed by atoms with Gasteiger partial charge < -0.3 is 20.1 Å². The van der Waals surface area contributed by atoms with Gasteiger partial charge in [-0.25, -0.2) is 19.7 Å². The van der Waals surface area contributed by atoms with Crippen LogP contribution in [0.3, 0.4) is 0 Å². The number of fused-ring (bicyclic) bond motifs is 1. The lowest BCUT2D eigenvalue weighted by atomic mass is 9.80. The van der Waals surface area contributed by atoms with Crippen LogP contribution in [0.25, 0.3) is 22.8 Å². The van der Waals surface area contributed by atoms with Crippen molar-refractivity contribution in [2.75, 3.05) is 11.9 Å². The maximum Gasteiger partial charge on any atom is 0.439 e. The highest BCUT2D eigenvalue weighted by Gasteiger charge is 2.57. The molecule has 0 aliphatic heterocycles. The molecule has 0 amide bonds. The van der Waals surface area contributed by atoms with Crippen molar-refractivity contribution in [1.29, 1.82) is 0 Å². The highest BCUT2D eigenvalue weighted by atomic mass is 16.5. The molecular formula is C24H33N7O4. The van der Waals surface area contributed by atoms with Crippen LogP contribution < -0.4 is 11.1 Å². The molecule has 3 aliphatic carbocycles. The minimum Gasteiger partial charge on any atom is -0.393 e. The van der Waals surface area contributed by atoms with Crippen molar-refractivity contribution in [3.63, 3.8) is 0 Å². The third-order valence-electron chi connectivity index (χ3n) is 8.65. The predicted octanol–water partition coefficient (Wildman–Crippen LogP) is 2.94. The Morgan fingerprint density at radius 1 is 1.23 bits per heavy atom. The van der Waals surface area contributed by atoms with E-state index in [0.29, 0.717) is 23.2 Å². The van der Waals surface area contributed by atoms with E-state index in [4.69, 9.17) is 4.98 Å². The number of imidazole rings is 1. The second kappa shape index (κ2) is 8.41. The van der Waals surface area contributed by atoms with E-state index in [1.807, 2.05) is 0 Å². The normalized spacial score (nSPS) is 28.2. The number of aliphatic hydroxyl groups is 2. The molecule has 3 aromatic rings. The van der Waals surface area contributed by atoms with E-state index in [-0.39, 0.29) is 29.1 Å². The van der Waals surface area contributed by atoms with Crippen LogP contribution in [0.2, 0.25) is 0 Å². The number of rotatable bonds is 7. The molecule has 0 radical (unpaired) electrons. The van der Waals surface area contributed by atoms with Crippen LogP contribution in [-0.2, 0) is 0 Å². The molecule has 3 aliphatic rings. The molecule has 11 heteroatoms. The number of H-pyrrole nitrogens is 1. The summed E-state index contributed by atoms with van der Waals surface area (Å²) in [5.74, 6) is 1.93.